The van der Waals surface area contributed by atoms with Gasteiger partial charge in [-0.15, -0.1) is 0 Å². The summed E-state index contributed by atoms with van der Waals surface area (Å²) in [6.07, 6.45) is 3.26. The normalized spacial score (nSPS) is 9.53. The van der Waals surface area contributed by atoms with Crippen LogP contribution in [-0.2, 0) is 6.61 Å². The lowest BCUT2D eigenvalue weighted by Crippen LogP contribution is -1.90. The summed E-state index contributed by atoms with van der Waals surface area (Å²) in [5.41, 5.74) is 3.05. The number of hydrogen-bond donors (Lipinski definition) is 1. The Morgan fingerprint density at radius 2 is 2.13 bits per heavy atom. The van der Waals surface area contributed by atoms with Crippen molar-refractivity contribution in [2.24, 2.45) is 0 Å². The fourth-order valence-corrected chi connectivity index (χ4v) is 1.40. The van der Waals surface area contributed by atoms with Crippen molar-refractivity contribution in [2.45, 2.75) is 39.7 Å². The molecule has 1 rings (SSSR count). The highest BCUT2D eigenvalue weighted by molar-refractivity contribution is 5.42. The summed E-state index contributed by atoms with van der Waals surface area (Å²) < 4.78 is 0. The number of unbranched alkanes of at least 4 members (excludes halogenated alkanes) is 2. The first-order valence-electron chi connectivity index (χ1n) is 5.47. The Morgan fingerprint density at radius 3 is 2.80 bits per heavy atom. The molecule has 0 radical (unpaired) electrons. The second kappa shape index (κ2) is 6.27. The molecule has 0 heterocycles. The minimum Gasteiger partial charge on any atom is -0.392 e. The molecule has 1 N–H and O–H groups in total. The Balaban J connectivity index is 2.78. The highest BCUT2D eigenvalue weighted by Gasteiger charge is 1.97. The van der Waals surface area contributed by atoms with E-state index >= 15 is 0 Å². The van der Waals surface area contributed by atoms with Crippen molar-refractivity contribution in [1.29, 1.82) is 0 Å². The van der Waals surface area contributed by atoms with Gasteiger partial charge in [-0.25, -0.2) is 0 Å². The van der Waals surface area contributed by atoms with Crippen LogP contribution in [0.15, 0.2) is 18.2 Å². The molecular formula is C14H18O. The van der Waals surface area contributed by atoms with Crippen LogP contribution in [-0.4, -0.2) is 5.11 Å². The first-order valence-corrected chi connectivity index (χ1v) is 5.47. The third kappa shape index (κ3) is 3.77. The van der Waals surface area contributed by atoms with E-state index in [0.717, 1.165) is 29.5 Å². The predicted octanol–water partition coefficient (Wildman–Crippen LogP) is 3.03. The van der Waals surface area contributed by atoms with Gasteiger partial charge in [-0.05, 0) is 25.0 Å². The van der Waals surface area contributed by atoms with E-state index in [2.05, 4.69) is 18.8 Å². The van der Waals surface area contributed by atoms with E-state index in [-0.39, 0.29) is 6.61 Å². The molecule has 1 aromatic rings. The van der Waals surface area contributed by atoms with Crippen LogP contribution in [0.2, 0.25) is 0 Å². The Bertz CT molecular complexity index is 369. The van der Waals surface area contributed by atoms with Gasteiger partial charge in [-0.1, -0.05) is 42.9 Å². The summed E-state index contributed by atoms with van der Waals surface area (Å²) in [4.78, 5) is 0. The molecule has 0 aromatic heterocycles. The number of benzene rings is 1. The summed E-state index contributed by atoms with van der Waals surface area (Å²) in [6, 6.07) is 6.01. The molecule has 1 aromatic carbocycles. The van der Waals surface area contributed by atoms with Crippen LogP contribution in [0.4, 0.5) is 0 Å². The Labute approximate surface area is 92.1 Å². The molecule has 0 atom stereocenters. The van der Waals surface area contributed by atoms with Crippen molar-refractivity contribution in [1.82, 2.24) is 0 Å². The predicted molar refractivity (Wildman–Crippen MR) is 63.5 cm³/mol. The lowest BCUT2D eigenvalue weighted by atomic mass is 10.1. The van der Waals surface area contributed by atoms with Gasteiger partial charge in [0.2, 0.25) is 0 Å². The first kappa shape index (κ1) is 11.8. The van der Waals surface area contributed by atoms with E-state index in [1.165, 1.54) is 6.42 Å². The minimum absolute atomic E-state index is 0.0689. The second-order valence-corrected chi connectivity index (χ2v) is 3.72. The Kier molecular flexibility index (Phi) is 4.93. The largest absolute Gasteiger partial charge is 0.392 e. The summed E-state index contributed by atoms with van der Waals surface area (Å²) in [6.45, 7) is 4.25. The molecule has 0 saturated carbocycles. The number of hydrogen-bond acceptors (Lipinski definition) is 1. The van der Waals surface area contributed by atoms with Gasteiger partial charge < -0.3 is 5.11 Å². The van der Waals surface area contributed by atoms with E-state index in [1.807, 2.05) is 25.1 Å². The van der Waals surface area contributed by atoms with Crippen LogP contribution in [0.5, 0.6) is 0 Å². The van der Waals surface area contributed by atoms with Gasteiger partial charge >= 0.3 is 0 Å². The van der Waals surface area contributed by atoms with Gasteiger partial charge in [-0.2, -0.15) is 0 Å². The number of aryl methyl sites for hydroxylation is 1. The molecule has 1 heteroatoms. The molecule has 0 aliphatic rings. The van der Waals surface area contributed by atoms with Crippen LogP contribution in [0, 0.1) is 18.8 Å². The van der Waals surface area contributed by atoms with Gasteiger partial charge in [0, 0.05) is 12.0 Å². The lowest BCUT2D eigenvalue weighted by Gasteiger charge is -2.01. The fraction of sp³-hybridized carbons (Fsp3) is 0.429. The van der Waals surface area contributed by atoms with Crippen molar-refractivity contribution in [2.75, 3.05) is 0 Å². The molecule has 0 aliphatic heterocycles. The van der Waals surface area contributed by atoms with Crippen LogP contribution in [0.25, 0.3) is 0 Å². The van der Waals surface area contributed by atoms with Crippen molar-refractivity contribution < 1.29 is 5.11 Å². The molecule has 0 bridgehead atoms. The van der Waals surface area contributed by atoms with Crippen LogP contribution in [0.1, 0.15) is 42.9 Å². The molecule has 1 nitrogen and oxygen atoms in total. The molecule has 0 saturated heterocycles. The number of aliphatic hydroxyl groups is 1. The van der Waals surface area contributed by atoms with Gasteiger partial charge in [0.25, 0.3) is 0 Å². The average molecular weight is 202 g/mol. The molecule has 0 unspecified atom stereocenters. The minimum atomic E-state index is 0.0689. The van der Waals surface area contributed by atoms with Crippen LogP contribution < -0.4 is 0 Å². The summed E-state index contributed by atoms with van der Waals surface area (Å²) in [5.74, 6) is 6.25. The second-order valence-electron chi connectivity index (χ2n) is 3.72. The summed E-state index contributed by atoms with van der Waals surface area (Å²) in [7, 11) is 0. The molecule has 80 valence electrons. The van der Waals surface area contributed by atoms with Gasteiger partial charge in [-0.3, -0.25) is 0 Å². The van der Waals surface area contributed by atoms with E-state index in [1.54, 1.807) is 0 Å². The first-order chi connectivity index (χ1) is 7.27. The SMILES string of the molecule is CCCCC#Cc1ccc(C)cc1CO. The lowest BCUT2D eigenvalue weighted by molar-refractivity contribution is 0.281. The monoisotopic (exact) mass is 202 g/mol. The quantitative estimate of drug-likeness (QED) is 0.590. The van der Waals surface area contributed by atoms with E-state index in [9.17, 15) is 5.11 Å². The highest BCUT2D eigenvalue weighted by atomic mass is 16.3. The zero-order valence-electron chi connectivity index (χ0n) is 9.51. The molecular weight excluding hydrogens is 184 g/mol. The molecule has 15 heavy (non-hydrogen) atoms. The highest BCUT2D eigenvalue weighted by Crippen LogP contribution is 2.10. The smallest absolute Gasteiger partial charge is 0.0694 e. The Morgan fingerprint density at radius 1 is 1.33 bits per heavy atom. The van der Waals surface area contributed by atoms with E-state index < -0.39 is 0 Å². The summed E-state index contributed by atoms with van der Waals surface area (Å²) >= 11 is 0. The standard InChI is InChI=1S/C14H18O/c1-3-4-5-6-7-13-9-8-12(2)10-14(13)11-15/h8-10,15H,3-5,11H2,1-2H3. The average Bonchev–Trinajstić information content (AvgIpc) is 2.26. The van der Waals surface area contributed by atoms with E-state index in [0.29, 0.717) is 0 Å². The van der Waals surface area contributed by atoms with Gasteiger partial charge in [0.05, 0.1) is 6.61 Å². The van der Waals surface area contributed by atoms with E-state index in [4.69, 9.17) is 0 Å². The van der Waals surface area contributed by atoms with Crippen molar-refractivity contribution >= 4 is 0 Å². The van der Waals surface area contributed by atoms with Crippen molar-refractivity contribution in [3.05, 3.63) is 34.9 Å². The Hall–Kier alpha value is -1.26. The topological polar surface area (TPSA) is 20.2 Å². The maximum absolute atomic E-state index is 9.18. The van der Waals surface area contributed by atoms with Crippen molar-refractivity contribution in [3.63, 3.8) is 0 Å². The van der Waals surface area contributed by atoms with Gasteiger partial charge in [0.1, 0.15) is 0 Å². The summed E-state index contributed by atoms with van der Waals surface area (Å²) in [5, 5.41) is 9.18. The van der Waals surface area contributed by atoms with Crippen LogP contribution >= 0.6 is 0 Å². The third-order valence-electron chi connectivity index (χ3n) is 2.31. The molecule has 0 fully saturated rings. The molecule has 0 amide bonds. The maximum Gasteiger partial charge on any atom is 0.0694 e. The van der Waals surface area contributed by atoms with Crippen molar-refractivity contribution in [3.8, 4) is 11.8 Å². The zero-order valence-corrected chi connectivity index (χ0v) is 9.51. The van der Waals surface area contributed by atoms with Crippen LogP contribution in [0.3, 0.4) is 0 Å². The fourth-order valence-electron chi connectivity index (χ4n) is 1.40. The maximum atomic E-state index is 9.18. The zero-order chi connectivity index (χ0) is 11.1. The molecule has 0 aliphatic carbocycles. The number of aliphatic hydroxyl groups excluding tert-OH is 1. The molecule has 0 spiro atoms. The third-order valence-corrected chi connectivity index (χ3v) is 2.31. The van der Waals surface area contributed by atoms with Gasteiger partial charge in [0.15, 0.2) is 0 Å². The number of rotatable bonds is 3.